The molecule has 5 heteroatoms. The fourth-order valence-electron chi connectivity index (χ4n) is 3.92. The fraction of sp³-hybridized carbons (Fsp3) is 0.0952. The highest BCUT2D eigenvalue weighted by atomic mass is 16.2. The Morgan fingerprint density at radius 3 is 2.35 bits per heavy atom. The van der Waals surface area contributed by atoms with Gasteiger partial charge in [0, 0.05) is 16.7 Å². The van der Waals surface area contributed by atoms with E-state index in [9.17, 15) is 14.4 Å². The third-order valence-corrected chi connectivity index (χ3v) is 5.21. The molecular weight excluding hydrogens is 328 g/mol. The number of Topliss-reactive ketones (excluding diaryl/α,β-unsaturated/α-hetero) is 3. The maximum absolute atomic E-state index is 13.1. The monoisotopic (exact) mass is 342 g/mol. The normalized spacial score (nSPS) is 26.0. The lowest BCUT2D eigenvalue weighted by Crippen LogP contribution is -2.48. The van der Waals surface area contributed by atoms with Gasteiger partial charge in [0.1, 0.15) is 0 Å². The molecule has 126 valence electrons. The van der Waals surface area contributed by atoms with E-state index in [1.807, 2.05) is 30.4 Å². The maximum atomic E-state index is 13.1. The van der Waals surface area contributed by atoms with Crippen LogP contribution in [0.3, 0.4) is 0 Å². The molecule has 5 rings (SSSR count). The van der Waals surface area contributed by atoms with Gasteiger partial charge in [-0.25, -0.2) is 0 Å². The van der Waals surface area contributed by atoms with E-state index in [4.69, 9.17) is 5.73 Å². The molecule has 1 heterocycles. The van der Waals surface area contributed by atoms with Crippen LogP contribution >= 0.6 is 0 Å². The van der Waals surface area contributed by atoms with Gasteiger partial charge >= 0.3 is 0 Å². The lowest BCUT2D eigenvalue weighted by Gasteiger charge is -2.36. The molecule has 0 spiro atoms. The standard InChI is InChI=1S/C21H14N2O3/c22-17-13-9-10-5-1-4-8-14(10)23-18(13)15-16(21(17)26)20(25)12-7-3-2-6-11(12)19(15)24/h1-9,14,17,23H,22H2. The van der Waals surface area contributed by atoms with Crippen LogP contribution in [-0.2, 0) is 4.79 Å². The maximum Gasteiger partial charge on any atom is 0.198 e. The third-order valence-electron chi connectivity index (χ3n) is 5.21. The molecule has 2 unspecified atom stereocenters. The lowest BCUT2D eigenvalue weighted by molar-refractivity contribution is -0.115. The van der Waals surface area contributed by atoms with Crippen molar-refractivity contribution >= 4 is 17.3 Å². The van der Waals surface area contributed by atoms with Gasteiger partial charge in [0.05, 0.1) is 28.9 Å². The first-order valence-corrected chi connectivity index (χ1v) is 8.38. The largest absolute Gasteiger partial charge is 0.374 e. The van der Waals surface area contributed by atoms with Gasteiger partial charge < -0.3 is 11.1 Å². The summed E-state index contributed by atoms with van der Waals surface area (Å²) < 4.78 is 0. The van der Waals surface area contributed by atoms with Gasteiger partial charge in [-0.15, -0.1) is 0 Å². The molecule has 1 aromatic rings. The molecule has 5 nitrogen and oxygen atoms in total. The predicted molar refractivity (Wildman–Crippen MR) is 95.4 cm³/mol. The van der Waals surface area contributed by atoms with E-state index >= 15 is 0 Å². The van der Waals surface area contributed by atoms with E-state index in [0.717, 1.165) is 5.57 Å². The summed E-state index contributed by atoms with van der Waals surface area (Å²) in [5, 5.41) is 3.30. The molecule has 26 heavy (non-hydrogen) atoms. The Morgan fingerprint density at radius 2 is 1.62 bits per heavy atom. The predicted octanol–water partition coefficient (Wildman–Crippen LogP) is 1.55. The van der Waals surface area contributed by atoms with Gasteiger partial charge in [0.2, 0.25) is 0 Å². The van der Waals surface area contributed by atoms with Crippen LogP contribution in [0.5, 0.6) is 0 Å². The summed E-state index contributed by atoms with van der Waals surface area (Å²) in [5.74, 6) is -1.25. The van der Waals surface area contributed by atoms with Crippen molar-refractivity contribution in [3.05, 3.63) is 93.8 Å². The van der Waals surface area contributed by atoms with Crippen LogP contribution in [0.15, 0.2) is 82.6 Å². The van der Waals surface area contributed by atoms with Crippen molar-refractivity contribution in [1.29, 1.82) is 0 Å². The smallest absolute Gasteiger partial charge is 0.198 e. The second kappa shape index (κ2) is 5.09. The molecule has 3 aliphatic carbocycles. The molecular formula is C21H14N2O3. The summed E-state index contributed by atoms with van der Waals surface area (Å²) in [6.45, 7) is 0. The van der Waals surface area contributed by atoms with E-state index in [-0.39, 0.29) is 28.5 Å². The molecule has 0 fully saturated rings. The van der Waals surface area contributed by atoms with Crippen LogP contribution in [-0.4, -0.2) is 29.4 Å². The zero-order chi connectivity index (χ0) is 18.0. The van der Waals surface area contributed by atoms with Crippen molar-refractivity contribution in [3.8, 4) is 0 Å². The highest BCUT2D eigenvalue weighted by Crippen LogP contribution is 2.38. The summed E-state index contributed by atoms with van der Waals surface area (Å²) in [6.07, 6.45) is 9.56. The van der Waals surface area contributed by atoms with Gasteiger partial charge in [0.25, 0.3) is 0 Å². The topological polar surface area (TPSA) is 89.3 Å². The molecule has 0 amide bonds. The van der Waals surface area contributed by atoms with Crippen molar-refractivity contribution in [2.24, 2.45) is 5.73 Å². The van der Waals surface area contributed by atoms with Crippen LogP contribution in [0.4, 0.5) is 0 Å². The second-order valence-corrected chi connectivity index (χ2v) is 6.64. The quantitative estimate of drug-likeness (QED) is 0.698. The van der Waals surface area contributed by atoms with E-state index in [1.165, 1.54) is 0 Å². The van der Waals surface area contributed by atoms with Crippen molar-refractivity contribution in [2.75, 3.05) is 0 Å². The number of ketones is 3. The number of carbonyl (C=O) groups excluding carboxylic acids is 3. The third kappa shape index (κ3) is 1.80. The Morgan fingerprint density at radius 1 is 0.923 bits per heavy atom. The molecule has 0 aromatic heterocycles. The zero-order valence-electron chi connectivity index (χ0n) is 13.7. The van der Waals surface area contributed by atoms with Crippen LogP contribution in [0.2, 0.25) is 0 Å². The highest BCUT2D eigenvalue weighted by molar-refractivity contribution is 6.39. The SMILES string of the molecule is NC1C(=O)C2=C(C(=O)c3ccccc3C2=O)C2=C1C=C1C=CC=CC1N2. The van der Waals surface area contributed by atoms with Gasteiger partial charge in [-0.05, 0) is 11.6 Å². The van der Waals surface area contributed by atoms with Gasteiger partial charge in [-0.1, -0.05) is 48.6 Å². The Kier molecular flexibility index (Phi) is 2.94. The van der Waals surface area contributed by atoms with Gasteiger partial charge in [-0.2, -0.15) is 0 Å². The Balaban J connectivity index is 1.77. The minimum absolute atomic E-state index is 0.0976. The first-order chi connectivity index (χ1) is 12.6. The summed E-state index contributed by atoms with van der Waals surface area (Å²) >= 11 is 0. The average Bonchev–Trinajstić information content (AvgIpc) is 2.67. The molecule has 2 atom stereocenters. The molecule has 4 aliphatic rings. The Hall–Kier alpha value is -3.31. The fourth-order valence-corrected chi connectivity index (χ4v) is 3.92. The number of hydrogen-bond acceptors (Lipinski definition) is 5. The summed E-state index contributed by atoms with van der Waals surface area (Å²) in [7, 11) is 0. The zero-order valence-corrected chi connectivity index (χ0v) is 13.7. The number of nitrogens with one attached hydrogen (secondary N) is 1. The van der Waals surface area contributed by atoms with Crippen molar-refractivity contribution in [1.82, 2.24) is 5.32 Å². The van der Waals surface area contributed by atoms with Crippen molar-refractivity contribution in [3.63, 3.8) is 0 Å². The number of allylic oxidation sites excluding steroid dienone is 3. The highest BCUT2D eigenvalue weighted by Gasteiger charge is 2.45. The lowest BCUT2D eigenvalue weighted by atomic mass is 9.73. The van der Waals surface area contributed by atoms with Crippen molar-refractivity contribution in [2.45, 2.75) is 12.1 Å². The molecule has 0 radical (unpaired) electrons. The van der Waals surface area contributed by atoms with Crippen LogP contribution in [0.1, 0.15) is 20.7 Å². The molecule has 0 saturated heterocycles. The minimum Gasteiger partial charge on any atom is -0.374 e. The van der Waals surface area contributed by atoms with Gasteiger partial charge in [-0.3, -0.25) is 14.4 Å². The minimum atomic E-state index is -0.967. The van der Waals surface area contributed by atoms with Crippen LogP contribution in [0, 0.1) is 0 Å². The number of hydrogen-bond donors (Lipinski definition) is 2. The molecule has 1 aliphatic heterocycles. The Bertz CT molecular complexity index is 1080. The number of carbonyl (C=O) groups is 3. The summed E-state index contributed by atoms with van der Waals surface area (Å²) in [4.78, 5) is 38.9. The number of fused-ring (bicyclic) bond motifs is 3. The summed E-state index contributed by atoms with van der Waals surface area (Å²) in [6, 6.07) is 5.50. The number of rotatable bonds is 0. The number of benzene rings is 1. The van der Waals surface area contributed by atoms with Crippen molar-refractivity contribution < 1.29 is 14.4 Å². The number of dihydropyridines is 1. The second-order valence-electron chi connectivity index (χ2n) is 6.64. The van der Waals surface area contributed by atoms with E-state index in [0.29, 0.717) is 16.8 Å². The molecule has 1 aromatic carbocycles. The van der Waals surface area contributed by atoms with Crippen LogP contribution in [0.25, 0.3) is 0 Å². The summed E-state index contributed by atoms with van der Waals surface area (Å²) in [5.41, 5.74) is 8.80. The molecule has 3 N–H and O–H groups in total. The first-order valence-electron chi connectivity index (χ1n) is 8.38. The van der Waals surface area contributed by atoms with E-state index in [1.54, 1.807) is 24.3 Å². The molecule has 0 saturated carbocycles. The van der Waals surface area contributed by atoms with E-state index in [2.05, 4.69) is 5.32 Å². The average molecular weight is 342 g/mol. The van der Waals surface area contributed by atoms with Gasteiger partial charge in [0.15, 0.2) is 17.3 Å². The van der Waals surface area contributed by atoms with E-state index < -0.39 is 17.6 Å². The Labute approximate surface area is 149 Å². The first kappa shape index (κ1) is 15.0. The molecule has 0 bridgehead atoms. The van der Waals surface area contributed by atoms with Crippen LogP contribution < -0.4 is 11.1 Å². The number of nitrogens with two attached hydrogens (primary N) is 1.